The second kappa shape index (κ2) is 4.81. The fourth-order valence-electron chi connectivity index (χ4n) is 3.15. The van der Waals surface area contributed by atoms with Crippen LogP contribution in [0.15, 0.2) is 18.2 Å². The van der Waals surface area contributed by atoms with Crippen molar-refractivity contribution in [1.82, 2.24) is 4.90 Å². The molecule has 3 fully saturated rings. The summed E-state index contributed by atoms with van der Waals surface area (Å²) in [4.78, 5) is 13.6. The van der Waals surface area contributed by atoms with Crippen molar-refractivity contribution in [1.29, 1.82) is 0 Å². The Morgan fingerprint density at radius 3 is 2.68 bits per heavy atom. The smallest absolute Gasteiger partial charge is 0.251 e. The van der Waals surface area contributed by atoms with Gasteiger partial charge in [0, 0.05) is 18.3 Å². The molecule has 3 N–H and O–H groups in total. The van der Waals surface area contributed by atoms with E-state index in [0.717, 1.165) is 12.2 Å². The first-order valence-electron chi connectivity index (χ1n) is 6.72. The number of halogens is 1. The van der Waals surface area contributed by atoms with Crippen LogP contribution in [0.2, 0.25) is 0 Å². The van der Waals surface area contributed by atoms with Crippen LogP contribution in [0.1, 0.15) is 23.2 Å². The number of nitrogens with zero attached hydrogens (tertiary/aromatic N) is 1. The van der Waals surface area contributed by atoms with Crippen LogP contribution in [0.4, 0.5) is 10.1 Å². The summed E-state index contributed by atoms with van der Waals surface area (Å²) in [6.45, 7) is 3.38. The van der Waals surface area contributed by atoms with E-state index in [1.54, 1.807) is 6.07 Å². The normalized spacial score (nSPS) is 29.2. The standard InChI is InChI=1S/C14H18FN3O/c15-12-2-1-10(7-11(12)14(16)19)17-13-8-18-5-3-9(13)4-6-18/h1-2,7,9,13,17H,3-6,8H2,(H2,16,19). The van der Waals surface area contributed by atoms with Crippen molar-refractivity contribution in [2.24, 2.45) is 11.7 Å². The van der Waals surface area contributed by atoms with Gasteiger partial charge in [-0.15, -0.1) is 0 Å². The summed E-state index contributed by atoms with van der Waals surface area (Å²) < 4.78 is 13.4. The Hall–Kier alpha value is -1.62. The minimum atomic E-state index is -0.727. The minimum Gasteiger partial charge on any atom is -0.381 e. The third-order valence-electron chi connectivity index (χ3n) is 4.24. The van der Waals surface area contributed by atoms with Crippen molar-refractivity contribution in [3.05, 3.63) is 29.6 Å². The molecule has 0 saturated carbocycles. The number of carbonyl (C=O) groups is 1. The second-order valence-electron chi connectivity index (χ2n) is 5.45. The first-order valence-corrected chi connectivity index (χ1v) is 6.72. The average molecular weight is 263 g/mol. The molecule has 3 aliphatic rings. The number of hydrogen-bond donors (Lipinski definition) is 2. The van der Waals surface area contributed by atoms with Crippen LogP contribution in [-0.2, 0) is 0 Å². The van der Waals surface area contributed by atoms with E-state index in [-0.39, 0.29) is 5.56 Å². The molecule has 1 amide bonds. The van der Waals surface area contributed by atoms with E-state index >= 15 is 0 Å². The van der Waals surface area contributed by atoms with Crippen LogP contribution in [0.25, 0.3) is 0 Å². The lowest BCUT2D eigenvalue weighted by atomic mass is 9.84. The molecular weight excluding hydrogens is 245 g/mol. The van der Waals surface area contributed by atoms with Gasteiger partial charge in [-0.05, 0) is 50.0 Å². The third kappa shape index (κ3) is 2.42. The minimum absolute atomic E-state index is 0.0497. The summed E-state index contributed by atoms with van der Waals surface area (Å²) in [5.41, 5.74) is 5.88. The zero-order valence-corrected chi connectivity index (χ0v) is 10.7. The number of fused-ring (bicyclic) bond motifs is 3. The molecule has 19 heavy (non-hydrogen) atoms. The van der Waals surface area contributed by atoms with Gasteiger partial charge in [-0.3, -0.25) is 4.79 Å². The molecule has 102 valence electrons. The highest BCUT2D eigenvalue weighted by Crippen LogP contribution is 2.30. The molecule has 1 atom stereocenters. The highest BCUT2D eigenvalue weighted by molar-refractivity contribution is 5.94. The van der Waals surface area contributed by atoms with Crippen LogP contribution in [0, 0.1) is 11.7 Å². The Morgan fingerprint density at radius 2 is 2.11 bits per heavy atom. The van der Waals surface area contributed by atoms with E-state index in [9.17, 15) is 9.18 Å². The van der Waals surface area contributed by atoms with Crippen LogP contribution >= 0.6 is 0 Å². The van der Waals surface area contributed by atoms with Crippen LogP contribution < -0.4 is 11.1 Å². The monoisotopic (exact) mass is 263 g/mol. The number of piperidine rings is 3. The summed E-state index contributed by atoms with van der Waals surface area (Å²) in [6.07, 6.45) is 2.42. The molecule has 0 aromatic heterocycles. The van der Waals surface area contributed by atoms with Gasteiger partial charge >= 0.3 is 0 Å². The van der Waals surface area contributed by atoms with Crippen molar-refractivity contribution < 1.29 is 9.18 Å². The number of carbonyl (C=O) groups excluding carboxylic acids is 1. The van der Waals surface area contributed by atoms with Crippen LogP contribution in [0.5, 0.6) is 0 Å². The first kappa shape index (κ1) is 12.4. The summed E-state index contributed by atoms with van der Waals surface area (Å²) in [7, 11) is 0. The number of benzene rings is 1. The molecule has 4 rings (SSSR count). The zero-order chi connectivity index (χ0) is 13.4. The fourth-order valence-corrected chi connectivity index (χ4v) is 3.15. The number of primary amides is 1. The molecular formula is C14H18FN3O. The second-order valence-corrected chi connectivity index (χ2v) is 5.45. The molecule has 3 aliphatic heterocycles. The Bertz CT molecular complexity index is 497. The van der Waals surface area contributed by atoms with Gasteiger partial charge in [0.2, 0.25) is 0 Å². The molecule has 1 aromatic rings. The number of anilines is 1. The topological polar surface area (TPSA) is 58.4 Å². The van der Waals surface area contributed by atoms with Gasteiger partial charge in [0.15, 0.2) is 0 Å². The zero-order valence-electron chi connectivity index (χ0n) is 10.7. The first-order chi connectivity index (χ1) is 9.13. The summed E-state index contributed by atoms with van der Waals surface area (Å²) in [6, 6.07) is 4.85. The molecule has 3 heterocycles. The molecule has 3 saturated heterocycles. The van der Waals surface area contributed by atoms with Gasteiger partial charge in [-0.2, -0.15) is 0 Å². The lowest BCUT2D eigenvalue weighted by molar-refractivity contribution is 0.0974. The van der Waals surface area contributed by atoms with Gasteiger partial charge < -0.3 is 16.0 Å². The molecule has 5 heteroatoms. The molecule has 1 unspecified atom stereocenters. The van der Waals surface area contributed by atoms with Gasteiger partial charge in [0.25, 0.3) is 5.91 Å². The quantitative estimate of drug-likeness (QED) is 0.867. The van der Waals surface area contributed by atoms with E-state index in [0.29, 0.717) is 12.0 Å². The fraction of sp³-hybridized carbons (Fsp3) is 0.500. The summed E-state index contributed by atoms with van der Waals surface area (Å²) in [5.74, 6) is -0.617. The molecule has 0 radical (unpaired) electrons. The van der Waals surface area contributed by atoms with Gasteiger partial charge in [0.05, 0.1) is 5.56 Å². The number of hydrogen-bond acceptors (Lipinski definition) is 3. The van der Waals surface area contributed by atoms with E-state index in [4.69, 9.17) is 5.73 Å². The number of nitrogens with one attached hydrogen (secondary N) is 1. The predicted octanol–water partition coefficient (Wildman–Crippen LogP) is 1.43. The Morgan fingerprint density at radius 1 is 1.37 bits per heavy atom. The predicted molar refractivity (Wildman–Crippen MR) is 71.5 cm³/mol. The number of rotatable bonds is 3. The SMILES string of the molecule is NC(=O)c1cc(NC2CN3CCC2CC3)ccc1F. The lowest BCUT2D eigenvalue weighted by Crippen LogP contribution is -2.53. The lowest BCUT2D eigenvalue weighted by Gasteiger charge is -2.45. The molecule has 1 aromatic carbocycles. The van der Waals surface area contributed by atoms with Crippen molar-refractivity contribution >= 4 is 11.6 Å². The maximum atomic E-state index is 13.4. The Labute approximate surface area is 111 Å². The summed E-state index contributed by atoms with van der Waals surface area (Å²) >= 11 is 0. The Kier molecular flexibility index (Phi) is 3.14. The van der Waals surface area contributed by atoms with Gasteiger partial charge in [-0.25, -0.2) is 4.39 Å². The van der Waals surface area contributed by atoms with Gasteiger partial charge in [0.1, 0.15) is 5.82 Å². The molecule has 2 bridgehead atoms. The highest BCUT2D eigenvalue weighted by atomic mass is 19.1. The van der Waals surface area contributed by atoms with E-state index in [2.05, 4.69) is 10.2 Å². The molecule has 4 nitrogen and oxygen atoms in total. The largest absolute Gasteiger partial charge is 0.381 e. The third-order valence-corrected chi connectivity index (χ3v) is 4.24. The Balaban J connectivity index is 1.76. The van der Waals surface area contributed by atoms with Crippen LogP contribution in [-0.4, -0.2) is 36.5 Å². The van der Waals surface area contributed by atoms with Crippen molar-refractivity contribution in [3.8, 4) is 0 Å². The summed E-state index contributed by atoms with van der Waals surface area (Å²) in [5, 5.41) is 3.42. The number of amides is 1. The highest BCUT2D eigenvalue weighted by Gasteiger charge is 2.33. The molecule has 0 spiro atoms. The van der Waals surface area contributed by atoms with Crippen molar-refractivity contribution in [3.63, 3.8) is 0 Å². The van der Waals surface area contributed by atoms with Crippen molar-refractivity contribution in [2.45, 2.75) is 18.9 Å². The van der Waals surface area contributed by atoms with E-state index < -0.39 is 11.7 Å². The maximum absolute atomic E-state index is 13.4. The van der Waals surface area contributed by atoms with E-state index in [1.807, 2.05) is 0 Å². The van der Waals surface area contributed by atoms with E-state index in [1.165, 1.54) is 38.1 Å². The van der Waals surface area contributed by atoms with Crippen LogP contribution in [0.3, 0.4) is 0 Å². The maximum Gasteiger partial charge on any atom is 0.251 e. The van der Waals surface area contributed by atoms with Gasteiger partial charge in [-0.1, -0.05) is 0 Å². The van der Waals surface area contributed by atoms with Crippen molar-refractivity contribution in [2.75, 3.05) is 25.0 Å². The molecule has 0 aliphatic carbocycles. The average Bonchev–Trinajstić information content (AvgIpc) is 2.42. The number of nitrogens with two attached hydrogens (primary N) is 1.